The van der Waals surface area contributed by atoms with Crippen molar-refractivity contribution >= 4 is 21.8 Å². The average molecular weight is 286 g/mol. The van der Waals surface area contributed by atoms with Gasteiger partial charge in [-0.2, -0.15) is 0 Å². The molecule has 1 aromatic heterocycles. The van der Waals surface area contributed by atoms with Crippen LogP contribution in [0, 0.1) is 0 Å². The molecule has 1 amide bonds. The van der Waals surface area contributed by atoms with Gasteiger partial charge in [-0.05, 0) is 36.0 Å². The fraction of sp³-hybridized carbons (Fsp3) is 0.545. The lowest BCUT2D eigenvalue weighted by atomic mass is 10.2. The first-order valence-corrected chi connectivity index (χ1v) is 6.20. The molecule has 0 aliphatic carbocycles. The molecule has 88 valence electrons. The number of nitrogens with one attached hydrogen (secondary N) is 1. The molecule has 4 nitrogen and oxygen atoms in total. The maximum absolute atomic E-state index is 12.1. The molecule has 16 heavy (non-hydrogen) atoms. The van der Waals surface area contributed by atoms with Crippen molar-refractivity contribution in [2.24, 2.45) is 0 Å². The number of piperazine rings is 1. The zero-order valence-electron chi connectivity index (χ0n) is 9.53. The van der Waals surface area contributed by atoms with E-state index < -0.39 is 0 Å². The molecule has 1 atom stereocenters. The summed E-state index contributed by atoms with van der Waals surface area (Å²) >= 11 is 3.34. The van der Waals surface area contributed by atoms with E-state index in [0.717, 1.165) is 24.1 Å². The van der Waals surface area contributed by atoms with E-state index in [1.165, 1.54) is 0 Å². The number of likely N-dealkylation sites (N-methyl/N-ethyl adjacent to an activating group) is 1. The van der Waals surface area contributed by atoms with Crippen LogP contribution < -0.4 is 0 Å². The Bertz CT molecular complexity index is 390. The Kier molecular flexibility index (Phi) is 3.35. The van der Waals surface area contributed by atoms with Gasteiger partial charge >= 0.3 is 0 Å². The molecule has 0 aromatic carbocycles. The quantitative estimate of drug-likeness (QED) is 0.851. The summed E-state index contributed by atoms with van der Waals surface area (Å²) in [7, 11) is 2.09. The number of H-pyrrole nitrogens is 1. The topological polar surface area (TPSA) is 39.3 Å². The number of hydrogen-bond acceptors (Lipinski definition) is 2. The molecule has 1 unspecified atom stereocenters. The number of carbonyl (C=O) groups excluding carboxylic acids is 1. The van der Waals surface area contributed by atoms with Crippen LogP contribution in [0.25, 0.3) is 0 Å². The van der Waals surface area contributed by atoms with Gasteiger partial charge in [-0.25, -0.2) is 0 Å². The SMILES string of the molecule is CC1CN(C(=O)c2cc(Br)c[nH]2)CCN1C. The van der Waals surface area contributed by atoms with Gasteiger partial charge in [0.15, 0.2) is 0 Å². The lowest BCUT2D eigenvalue weighted by Crippen LogP contribution is -2.52. The first-order valence-electron chi connectivity index (χ1n) is 5.41. The van der Waals surface area contributed by atoms with Gasteiger partial charge in [0.2, 0.25) is 0 Å². The van der Waals surface area contributed by atoms with E-state index in [2.05, 4.69) is 39.8 Å². The molecule has 1 aliphatic rings. The van der Waals surface area contributed by atoms with Gasteiger partial charge < -0.3 is 14.8 Å². The third-order valence-electron chi connectivity index (χ3n) is 3.13. The van der Waals surface area contributed by atoms with Crippen molar-refractivity contribution in [3.05, 3.63) is 22.4 Å². The summed E-state index contributed by atoms with van der Waals surface area (Å²) in [5.41, 5.74) is 0.656. The highest BCUT2D eigenvalue weighted by atomic mass is 79.9. The number of carbonyl (C=O) groups is 1. The lowest BCUT2D eigenvalue weighted by molar-refractivity contribution is 0.0567. The molecule has 2 rings (SSSR count). The number of halogens is 1. The van der Waals surface area contributed by atoms with Gasteiger partial charge in [-0.3, -0.25) is 4.79 Å². The first-order chi connectivity index (χ1) is 7.58. The number of hydrogen-bond donors (Lipinski definition) is 1. The van der Waals surface area contributed by atoms with E-state index in [4.69, 9.17) is 0 Å². The van der Waals surface area contributed by atoms with Crippen LogP contribution in [0.2, 0.25) is 0 Å². The van der Waals surface area contributed by atoms with Crippen LogP contribution >= 0.6 is 15.9 Å². The van der Waals surface area contributed by atoms with Crippen LogP contribution in [0.15, 0.2) is 16.7 Å². The second-order valence-corrected chi connectivity index (χ2v) is 5.23. The largest absolute Gasteiger partial charge is 0.356 e. The molecule has 0 radical (unpaired) electrons. The highest BCUT2D eigenvalue weighted by Crippen LogP contribution is 2.15. The predicted molar refractivity (Wildman–Crippen MR) is 66.5 cm³/mol. The highest BCUT2D eigenvalue weighted by Gasteiger charge is 2.25. The van der Waals surface area contributed by atoms with Gasteiger partial charge in [0.25, 0.3) is 5.91 Å². The minimum absolute atomic E-state index is 0.0886. The zero-order valence-corrected chi connectivity index (χ0v) is 11.1. The van der Waals surface area contributed by atoms with Gasteiger partial charge in [-0.15, -0.1) is 0 Å². The molecule has 1 aromatic rings. The molecule has 0 bridgehead atoms. The van der Waals surface area contributed by atoms with E-state index in [0.29, 0.717) is 11.7 Å². The van der Waals surface area contributed by atoms with Crippen LogP contribution in [-0.4, -0.2) is 53.4 Å². The highest BCUT2D eigenvalue weighted by molar-refractivity contribution is 9.10. The number of amides is 1. The summed E-state index contributed by atoms with van der Waals surface area (Å²) in [6.07, 6.45) is 1.78. The number of nitrogens with zero attached hydrogens (tertiary/aromatic N) is 2. The molecule has 1 saturated heterocycles. The van der Waals surface area contributed by atoms with Gasteiger partial charge in [0.05, 0.1) is 0 Å². The van der Waals surface area contributed by atoms with E-state index in [1.807, 2.05) is 11.0 Å². The van der Waals surface area contributed by atoms with Crippen molar-refractivity contribution in [2.75, 3.05) is 26.7 Å². The summed E-state index contributed by atoms with van der Waals surface area (Å²) in [4.78, 5) is 19.3. The Morgan fingerprint density at radius 2 is 2.31 bits per heavy atom. The molecule has 1 aliphatic heterocycles. The molecule has 0 spiro atoms. The normalized spacial score (nSPS) is 22.4. The molecular formula is C11H16BrN3O. The third kappa shape index (κ3) is 2.30. The fourth-order valence-corrected chi connectivity index (χ4v) is 2.24. The average Bonchev–Trinajstić information content (AvgIpc) is 2.68. The van der Waals surface area contributed by atoms with E-state index in [-0.39, 0.29) is 5.91 Å². The molecule has 1 fully saturated rings. The number of rotatable bonds is 1. The van der Waals surface area contributed by atoms with Gasteiger partial charge in [0, 0.05) is 36.3 Å². The van der Waals surface area contributed by atoms with E-state index >= 15 is 0 Å². The Morgan fingerprint density at radius 1 is 1.56 bits per heavy atom. The van der Waals surface area contributed by atoms with E-state index in [9.17, 15) is 4.79 Å². The van der Waals surface area contributed by atoms with Crippen LogP contribution in [0.5, 0.6) is 0 Å². The standard InChI is InChI=1S/C11H16BrN3O/c1-8-7-15(4-3-14(8)2)11(16)10-5-9(12)6-13-10/h5-6,8,13H,3-4,7H2,1-2H3. The summed E-state index contributed by atoms with van der Waals surface area (Å²) < 4.78 is 0.915. The Labute approximate surface area is 104 Å². The monoisotopic (exact) mass is 285 g/mol. The van der Waals surface area contributed by atoms with Crippen LogP contribution in [0.3, 0.4) is 0 Å². The molecule has 0 saturated carbocycles. The summed E-state index contributed by atoms with van der Waals surface area (Å²) in [5, 5.41) is 0. The predicted octanol–water partition coefficient (Wildman–Crippen LogP) is 1.55. The summed E-state index contributed by atoms with van der Waals surface area (Å²) in [6, 6.07) is 2.25. The zero-order chi connectivity index (χ0) is 11.7. The maximum Gasteiger partial charge on any atom is 0.270 e. The van der Waals surface area contributed by atoms with Crippen molar-refractivity contribution in [1.29, 1.82) is 0 Å². The van der Waals surface area contributed by atoms with Crippen LogP contribution in [-0.2, 0) is 0 Å². The van der Waals surface area contributed by atoms with Crippen molar-refractivity contribution < 1.29 is 4.79 Å². The van der Waals surface area contributed by atoms with Crippen molar-refractivity contribution in [3.8, 4) is 0 Å². The van der Waals surface area contributed by atoms with Crippen LogP contribution in [0.1, 0.15) is 17.4 Å². The first kappa shape index (κ1) is 11.7. The second kappa shape index (κ2) is 4.59. The minimum atomic E-state index is 0.0886. The molecular weight excluding hydrogens is 270 g/mol. The maximum atomic E-state index is 12.1. The van der Waals surface area contributed by atoms with Gasteiger partial charge in [-0.1, -0.05) is 0 Å². The van der Waals surface area contributed by atoms with Crippen LogP contribution in [0.4, 0.5) is 0 Å². The molecule has 2 heterocycles. The molecule has 5 heteroatoms. The summed E-state index contributed by atoms with van der Waals surface area (Å²) in [5.74, 6) is 0.0886. The number of aromatic nitrogens is 1. The minimum Gasteiger partial charge on any atom is -0.356 e. The Morgan fingerprint density at radius 3 is 2.88 bits per heavy atom. The smallest absolute Gasteiger partial charge is 0.270 e. The van der Waals surface area contributed by atoms with Crippen molar-refractivity contribution in [2.45, 2.75) is 13.0 Å². The number of aromatic amines is 1. The van der Waals surface area contributed by atoms with E-state index in [1.54, 1.807) is 6.20 Å². The third-order valence-corrected chi connectivity index (χ3v) is 3.58. The van der Waals surface area contributed by atoms with Gasteiger partial charge in [0.1, 0.15) is 5.69 Å². The summed E-state index contributed by atoms with van der Waals surface area (Å²) in [6.45, 7) is 4.68. The van der Waals surface area contributed by atoms with Crippen molar-refractivity contribution in [1.82, 2.24) is 14.8 Å². The Balaban J connectivity index is 2.06. The fourth-order valence-electron chi connectivity index (χ4n) is 1.89. The van der Waals surface area contributed by atoms with Crippen molar-refractivity contribution in [3.63, 3.8) is 0 Å². The molecule has 1 N–H and O–H groups in total. The second-order valence-electron chi connectivity index (χ2n) is 4.31. The Hall–Kier alpha value is -0.810. The lowest BCUT2D eigenvalue weighted by Gasteiger charge is -2.37.